The Hall–Kier alpha value is -2.17. The van der Waals surface area contributed by atoms with E-state index in [-0.39, 0.29) is 6.54 Å². The maximum Gasteiger partial charge on any atom is 0.245 e. The number of hydrogen-bond donors (Lipinski definition) is 3. The fourth-order valence-corrected chi connectivity index (χ4v) is 3.91. The number of aromatic nitrogens is 1. The van der Waals surface area contributed by atoms with E-state index < -0.39 is 54.4 Å². The van der Waals surface area contributed by atoms with E-state index in [9.17, 15) is 23.5 Å². The molecule has 0 spiro atoms. The third-order valence-electron chi connectivity index (χ3n) is 6.09. The second-order valence-electron chi connectivity index (χ2n) is 9.72. The van der Waals surface area contributed by atoms with E-state index in [1.165, 1.54) is 11.9 Å². The maximum absolute atomic E-state index is 13.2. The zero-order chi connectivity index (χ0) is 24.8. The van der Waals surface area contributed by atoms with Crippen molar-refractivity contribution in [2.75, 3.05) is 20.1 Å². The fraction of sp³-hybridized carbons (Fsp3) is 0.696. The highest BCUT2D eigenvalue weighted by atomic mass is 19.3. The Morgan fingerprint density at radius 3 is 2.64 bits per heavy atom. The minimum atomic E-state index is -2.76. The molecule has 0 bridgehead atoms. The zero-order valence-corrected chi connectivity index (χ0v) is 19.9. The molecule has 186 valence electrons. The normalized spacial score (nSPS) is 19.8. The molecule has 1 aromatic heterocycles. The van der Waals surface area contributed by atoms with Gasteiger partial charge in [0.15, 0.2) is 0 Å². The number of aliphatic hydroxyl groups is 1. The van der Waals surface area contributed by atoms with E-state index in [4.69, 9.17) is 5.73 Å². The van der Waals surface area contributed by atoms with Crippen molar-refractivity contribution in [1.29, 1.82) is 0 Å². The van der Waals surface area contributed by atoms with Crippen LogP contribution in [0.2, 0.25) is 0 Å². The first-order valence-corrected chi connectivity index (χ1v) is 11.3. The molecule has 1 aliphatic heterocycles. The molecule has 2 amide bonds. The van der Waals surface area contributed by atoms with E-state index in [2.05, 4.69) is 10.3 Å². The van der Waals surface area contributed by atoms with Gasteiger partial charge in [0, 0.05) is 50.9 Å². The molecule has 1 fully saturated rings. The highest BCUT2D eigenvalue weighted by molar-refractivity contribution is 5.89. The van der Waals surface area contributed by atoms with Crippen LogP contribution < -0.4 is 11.1 Å². The van der Waals surface area contributed by atoms with Gasteiger partial charge in [-0.15, -0.1) is 0 Å². The zero-order valence-electron chi connectivity index (χ0n) is 19.9. The summed E-state index contributed by atoms with van der Waals surface area (Å²) in [6, 6.07) is 2.73. The minimum Gasteiger partial charge on any atom is -0.377 e. The summed E-state index contributed by atoms with van der Waals surface area (Å²) in [4.78, 5) is 33.0. The van der Waals surface area contributed by atoms with Gasteiger partial charge in [-0.25, -0.2) is 8.78 Å². The summed E-state index contributed by atoms with van der Waals surface area (Å²) in [6.45, 7) is 6.42. The van der Waals surface area contributed by atoms with E-state index in [0.717, 1.165) is 5.69 Å². The van der Waals surface area contributed by atoms with Crippen molar-refractivity contribution in [3.8, 4) is 0 Å². The molecular weight excluding hydrogens is 432 g/mol. The number of pyridine rings is 1. The van der Waals surface area contributed by atoms with Gasteiger partial charge in [0.05, 0.1) is 6.04 Å². The lowest BCUT2D eigenvalue weighted by Gasteiger charge is -2.38. The number of nitrogens with one attached hydrogen (secondary N) is 1. The van der Waals surface area contributed by atoms with Gasteiger partial charge in [-0.1, -0.05) is 26.8 Å². The van der Waals surface area contributed by atoms with E-state index in [0.29, 0.717) is 25.8 Å². The lowest BCUT2D eigenvalue weighted by Crippen LogP contribution is -2.59. The number of likely N-dealkylation sites (N-methyl/N-ethyl adjacent to an activating group) is 1. The molecule has 1 saturated heterocycles. The largest absolute Gasteiger partial charge is 0.377 e. The Balaban J connectivity index is 2.05. The highest BCUT2D eigenvalue weighted by Crippen LogP contribution is 2.27. The highest BCUT2D eigenvalue weighted by Gasteiger charge is 2.41. The van der Waals surface area contributed by atoms with Gasteiger partial charge in [0.2, 0.25) is 18.2 Å². The number of nitrogens with zero attached hydrogens (tertiary/aromatic N) is 3. The van der Waals surface area contributed by atoms with Crippen molar-refractivity contribution in [3.63, 3.8) is 0 Å². The molecule has 1 aliphatic rings. The fourth-order valence-electron chi connectivity index (χ4n) is 3.91. The lowest BCUT2D eigenvalue weighted by molar-refractivity contribution is -0.139. The first-order chi connectivity index (χ1) is 15.4. The third-order valence-corrected chi connectivity index (χ3v) is 6.09. The maximum atomic E-state index is 13.2. The van der Waals surface area contributed by atoms with E-state index >= 15 is 0 Å². The van der Waals surface area contributed by atoms with Crippen LogP contribution in [0.25, 0.3) is 0 Å². The summed E-state index contributed by atoms with van der Waals surface area (Å²) in [7, 11) is 1.52. The van der Waals surface area contributed by atoms with E-state index in [1.54, 1.807) is 17.2 Å². The number of rotatable bonds is 10. The number of carbonyl (C=O) groups excluding carboxylic acids is 2. The van der Waals surface area contributed by atoms with Crippen LogP contribution in [0.3, 0.4) is 0 Å². The van der Waals surface area contributed by atoms with Crippen molar-refractivity contribution < 1.29 is 23.5 Å². The Kier molecular flexibility index (Phi) is 9.69. The number of hydrogen-bond acceptors (Lipinski definition) is 6. The van der Waals surface area contributed by atoms with Gasteiger partial charge in [-0.2, -0.15) is 0 Å². The molecule has 10 heteroatoms. The molecule has 0 aromatic carbocycles. The van der Waals surface area contributed by atoms with E-state index in [1.807, 2.05) is 32.9 Å². The molecule has 2 rings (SSSR count). The molecule has 0 saturated carbocycles. The number of carbonyl (C=O) groups is 2. The van der Waals surface area contributed by atoms with Crippen molar-refractivity contribution >= 4 is 11.8 Å². The van der Waals surface area contributed by atoms with Crippen molar-refractivity contribution in [1.82, 2.24) is 20.1 Å². The summed E-state index contributed by atoms with van der Waals surface area (Å²) < 4.78 is 26.5. The summed E-state index contributed by atoms with van der Waals surface area (Å²) in [5.74, 6) is -1.14. The number of amides is 2. The minimum absolute atomic E-state index is 0.278. The van der Waals surface area contributed by atoms with Crippen LogP contribution >= 0.6 is 0 Å². The number of aliphatic hydroxyl groups excluding tert-OH is 1. The quantitative estimate of drug-likeness (QED) is 0.477. The Morgan fingerprint density at radius 2 is 2.06 bits per heavy atom. The molecule has 1 unspecified atom stereocenters. The molecule has 33 heavy (non-hydrogen) atoms. The van der Waals surface area contributed by atoms with Crippen LogP contribution in [-0.4, -0.2) is 82.6 Å². The Bertz CT molecular complexity index is 775. The molecule has 4 N–H and O–H groups in total. The second kappa shape index (κ2) is 11.8. The first kappa shape index (κ1) is 27.1. The summed E-state index contributed by atoms with van der Waals surface area (Å²) >= 11 is 0. The first-order valence-electron chi connectivity index (χ1n) is 11.3. The SMILES string of the molecule is CN(CCc1ccccn1)C(=O)[C@H](CC(F)F)NC(=O)[C@@H]1CCCN1C(O)[C@@H](N)C(C)(C)C. The molecule has 2 heterocycles. The lowest BCUT2D eigenvalue weighted by atomic mass is 9.86. The van der Waals surface area contributed by atoms with Crippen LogP contribution in [0, 0.1) is 5.41 Å². The van der Waals surface area contributed by atoms with Crippen molar-refractivity contribution in [2.24, 2.45) is 11.1 Å². The van der Waals surface area contributed by atoms with Gasteiger partial charge in [0.25, 0.3) is 0 Å². The average Bonchev–Trinajstić information content (AvgIpc) is 3.25. The smallest absolute Gasteiger partial charge is 0.245 e. The molecule has 1 aromatic rings. The van der Waals surface area contributed by atoms with Crippen molar-refractivity contribution in [2.45, 2.75) is 77.2 Å². The van der Waals surface area contributed by atoms with Crippen LogP contribution in [0.5, 0.6) is 0 Å². The molecule has 0 aliphatic carbocycles. The summed E-state index contributed by atoms with van der Waals surface area (Å²) in [5, 5.41) is 13.3. The van der Waals surface area contributed by atoms with Crippen LogP contribution in [0.1, 0.15) is 45.7 Å². The summed E-state index contributed by atoms with van der Waals surface area (Å²) in [5.41, 5.74) is 6.56. The Morgan fingerprint density at radius 1 is 1.36 bits per heavy atom. The second-order valence-corrected chi connectivity index (χ2v) is 9.72. The molecule has 4 atom stereocenters. The van der Waals surface area contributed by atoms with Gasteiger partial charge in [0.1, 0.15) is 12.3 Å². The summed E-state index contributed by atoms with van der Waals surface area (Å²) in [6.07, 6.45) is -1.39. The van der Waals surface area contributed by atoms with Gasteiger partial charge >= 0.3 is 0 Å². The monoisotopic (exact) mass is 469 g/mol. The molecule has 0 radical (unpaired) electrons. The van der Waals surface area contributed by atoms with Gasteiger partial charge in [-0.3, -0.25) is 19.5 Å². The third kappa shape index (κ3) is 7.68. The number of alkyl halides is 2. The van der Waals surface area contributed by atoms with Crippen molar-refractivity contribution in [3.05, 3.63) is 30.1 Å². The topological polar surface area (TPSA) is 112 Å². The predicted molar refractivity (Wildman–Crippen MR) is 121 cm³/mol. The molecule has 8 nitrogen and oxygen atoms in total. The number of likely N-dealkylation sites (tertiary alicyclic amines) is 1. The van der Waals surface area contributed by atoms with Crippen LogP contribution in [-0.2, 0) is 16.0 Å². The van der Waals surface area contributed by atoms with Crippen LogP contribution in [0.15, 0.2) is 24.4 Å². The van der Waals surface area contributed by atoms with Gasteiger partial charge < -0.3 is 21.1 Å². The Labute approximate surface area is 194 Å². The predicted octanol–water partition coefficient (Wildman–Crippen LogP) is 1.38. The number of halogens is 2. The van der Waals surface area contributed by atoms with Crippen LogP contribution in [0.4, 0.5) is 8.78 Å². The average molecular weight is 470 g/mol. The molecular formula is C23H37F2N5O3. The van der Waals surface area contributed by atoms with Gasteiger partial charge in [-0.05, 0) is 30.4 Å². The number of nitrogens with two attached hydrogens (primary N) is 1. The standard InChI is InChI=1S/C23H37F2N5O3/c1-23(2,3)19(26)22(33)30-12-7-9-17(30)20(31)28-16(14-18(24)25)21(32)29(4)13-10-15-8-5-6-11-27-15/h5-6,8,11,16-19,22,33H,7,9-10,12-14,26H2,1-4H3,(H,28,31)/t16-,17-,19+,22?/m0/s1.